The van der Waals surface area contributed by atoms with Gasteiger partial charge in [-0.25, -0.2) is 4.79 Å². The Labute approximate surface area is 179 Å². The van der Waals surface area contributed by atoms with Crippen LogP contribution in [0.3, 0.4) is 0 Å². The van der Waals surface area contributed by atoms with Gasteiger partial charge < -0.3 is 26.0 Å². The highest BCUT2D eigenvalue weighted by molar-refractivity contribution is 6.06. The molecule has 31 heavy (non-hydrogen) atoms. The number of carboxylic acids is 1. The Morgan fingerprint density at radius 3 is 2.48 bits per heavy atom. The predicted octanol–water partition coefficient (Wildman–Crippen LogP) is 3.25. The number of carboxylic acid groups (broad SMARTS) is 1. The van der Waals surface area contributed by atoms with Crippen molar-refractivity contribution in [3.63, 3.8) is 0 Å². The number of phenols is 1. The number of carbonyl (C=O) groups excluding carboxylic acids is 1. The molecule has 0 atom stereocenters. The van der Waals surface area contributed by atoms with Crippen molar-refractivity contribution in [1.29, 1.82) is 0 Å². The average Bonchev–Trinajstić information content (AvgIpc) is 2.71. The van der Waals surface area contributed by atoms with Gasteiger partial charge in [-0.1, -0.05) is 18.2 Å². The molecule has 3 aromatic rings. The van der Waals surface area contributed by atoms with Crippen molar-refractivity contribution < 1.29 is 24.5 Å². The molecule has 0 saturated carbocycles. The number of nitrogens with two attached hydrogens (primary N) is 1. The van der Waals surface area contributed by atoms with Crippen LogP contribution in [0, 0.1) is 12.3 Å². The minimum absolute atomic E-state index is 0.0449. The molecule has 1 amide bonds. The maximum absolute atomic E-state index is 12.7. The number of anilines is 1. The zero-order chi connectivity index (χ0) is 22.8. The summed E-state index contributed by atoms with van der Waals surface area (Å²) in [6, 6.07) is 11.7. The standard InChI is InChI=1S/C23H25N3O5/c1-13-18(21(28)29)20(24)19-16(26-13)5-4-6-17(19)31-12-23(2,3)22(30)25-11-14-7-9-15(27)10-8-14/h4-10,27H,11-12H2,1-3H3,(H2,24,26)(H,25,30)(H,28,29). The molecule has 0 aliphatic rings. The van der Waals surface area contributed by atoms with Crippen LogP contribution >= 0.6 is 0 Å². The molecular formula is C23H25N3O5. The fourth-order valence-electron chi connectivity index (χ4n) is 3.19. The Morgan fingerprint density at radius 1 is 1.16 bits per heavy atom. The number of amides is 1. The number of nitrogen functional groups attached to an aromatic ring is 1. The Balaban J connectivity index is 1.77. The number of rotatable bonds is 7. The van der Waals surface area contributed by atoms with Gasteiger partial charge >= 0.3 is 5.97 Å². The quantitative estimate of drug-likeness (QED) is 0.458. The maximum Gasteiger partial charge on any atom is 0.339 e. The second-order valence-electron chi connectivity index (χ2n) is 7.96. The second-order valence-corrected chi connectivity index (χ2v) is 7.96. The maximum atomic E-state index is 12.7. The molecule has 3 rings (SSSR count). The Hall–Kier alpha value is -3.81. The van der Waals surface area contributed by atoms with Crippen LogP contribution in [0.4, 0.5) is 5.69 Å². The van der Waals surface area contributed by atoms with Crippen molar-refractivity contribution in [3.8, 4) is 11.5 Å². The lowest BCUT2D eigenvalue weighted by Gasteiger charge is -2.24. The lowest BCUT2D eigenvalue weighted by Crippen LogP contribution is -2.40. The van der Waals surface area contributed by atoms with Gasteiger partial charge in [0, 0.05) is 6.54 Å². The van der Waals surface area contributed by atoms with E-state index >= 15 is 0 Å². The van der Waals surface area contributed by atoms with Crippen molar-refractivity contribution in [1.82, 2.24) is 10.3 Å². The van der Waals surface area contributed by atoms with Crippen molar-refractivity contribution in [3.05, 3.63) is 59.3 Å². The van der Waals surface area contributed by atoms with E-state index in [2.05, 4.69) is 10.3 Å². The fraction of sp³-hybridized carbons (Fsp3) is 0.261. The number of aryl methyl sites for hydroxylation is 1. The molecule has 8 heteroatoms. The van der Waals surface area contributed by atoms with Crippen molar-refractivity contribution in [2.75, 3.05) is 12.3 Å². The number of phenolic OH excluding ortho intramolecular Hbond substituents is 1. The number of aromatic nitrogens is 1. The first-order valence-electron chi connectivity index (χ1n) is 9.71. The fourth-order valence-corrected chi connectivity index (χ4v) is 3.19. The normalized spacial score (nSPS) is 11.3. The van der Waals surface area contributed by atoms with Gasteiger partial charge in [0.25, 0.3) is 0 Å². The van der Waals surface area contributed by atoms with E-state index in [1.54, 1.807) is 63.2 Å². The summed E-state index contributed by atoms with van der Waals surface area (Å²) in [4.78, 5) is 28.6. The number of aromatic hydroxyl groups is 1. The lowest BCUT2D eigenvalue weighted by molar-refractivity contribution is -0.131. The number of nitrogens with zero attached hydrogens (tertiary/aromatic N) is 1. The highest BCUT2D eigenvalue weighted by Gasteiger charge is 2.29. The molecule has 5 N–H and O–H groups in total. The number of hydrogen-bond donors (Lipinski definition) is 4. The molecule has 0 aliphatic carbocycles. The average molecular weight is 423 g/mol. The Morgan fingerprint density at radius 2 is 1.84 bits per heavy atom. The number of nitrogens with one attached hydrogen (secondary N) is 1. The van der Waals surface area contributed by atoms with Crippen LogP contribution in [0.25, 0.3) is 10.9 Å². The molecule has 0 saturated heterocycles. The van der Waals surface area contributed by atoms with Gasteiger partial charge in [-0.3, -0.25) is 9.78 Å². The summed E-state index contributed by atoms with van der Waals surface area (Å²) < 4.78 is 5.92. The Kier molecular flexibility index (Phi) is 6.01. The minimum atomic E-state index is -1.16. The molecule has 0 spiro atoms. The second kappa shape index (κ2) is 8.51. The van der Waals surface area contributed by atoms with E-state index in [4.69, 9.17) is 10.5 Å². The summed E-state index contributed by atoms with van der Waals surface area (Å²) in [5, 5.41) is 22.1. The van der Waals surface area contributed by atoms with E-state index in [1.165, 1.54) is 0 Å². The molecule has 0 unspecified atom stereocenters. The van der Waals surface area contributed by atoms with Gasteiger partial charge in [-0.2, -0.15) is 0 Å². The molecule has 1 aromatic heterocycles. The predicted molar refractivity (Wildman–Crippen MR) is 117 cm³/mol. The van der Waals surface area contributed by atoms with Crippen molar-refractivity contribution in [2.45, 2.75) is 27.3 Å². The van der Waals surface area contributed by atoms with Gasteiger partial charge in [-0.05, 0) is 50.6 Å². The van der Waals surface area contributed by atoms with E-state index in [9.17, 15) is 19.8 Å². The molecule has 0 aliphatic heterocycles. The van der Waals surface area contributed by atoms with Crippen LogP contribution in [-0.2, 0) is 11.3 Å². The zero-order valence-electron chi connectivity index (χ0n) is 17.6. The van der Waals surface area contributed by atoms with Crippen LogP contribution in [0.15, 0.2) is 42.5 Å². The number of fused-ring (bicyclic) bond motifs is 1. The van der Waals surface area contributed by atoms with Crippen molar-refractivity contribution in [2.24, 2.45) is 5.41 Å². The summed E-state index contributed by atoms with van der Waals surface area (Å²) in [6.45, 7) is 5.45. The van der Waals surface area contributed by atoms with Gasteiger partial charge in [-0.15, -0.1) is 0 Å². The van der Waals surface area contributed by atoms with Gasteiger partial charge in [0.05, 0.1) is 27.7 Å². The third-order valence-corrected chi connectivity index (χ3v) is 5.00. The third-order valence-electron chi connectivity index (χ3n) is 5.00. The van der Waals surface area contributed by atoms with E-state index in [0.29, 0.717) is 28.9 Å². The molecule has 2 aromatic carbocycles. The van der Waals surface area contributed by atoms with Crippen LogP contribution in [-0.4, -0.2) is 33.7 Å². The van der Waals surface area contributed by atoms with Crippen LogP contribution in [0.5, 0.6) is 11.5 Å². The van der Waals surface area contributed by atoms with E-state index in [0.717, 1.165) is 5.56 Å². The number of benzene rings is 2. The summed E-state index contributed by atoms with van der Waals surface area (Å²) in [6.07, 6.45) is 0. The molecule has 0 radical (unpaired) electrons. The zero-order valence-corrected chi connectivity index (χ0v) is 17.6. The molecule has 1 heterocycles. The molecule has 162 valence electrons. The highest BCUT2D eigenvalue weighted by atomic mass is 16.5. The largest absolute Gasteiger partial charge is 0.508 e. The third kappa shape index (κ3) is 4.69. The highest BCUT2D eigenvalue weighted by Crippen LogP contribution is 2.34. The lowest BCUT2D eigenvalue weighted by atomic mass is 9.93. The van der Waals surface area contributed by atoms with E-state index < -0.39 is 11.4 Å². The van der Waals surface area contributed by atoms with Crippen LogP contribution in [0.1, 0.15) is 35.5 Å². The first kappa shape index (κ1) is 21.9. The summed E-state index contributed by atoms with van der Waals surface area (Å²) >= 11 is 0. The van der Waals surface area contributed by atoms with Crippen molar-refractivity contribution >= 4 is 28.5 Å². The molecule has 8 nitrogen and oxygen atoms in total. The summed E-state index contributed by atoms with van der Waals surface area (Å²) in [5.74, 6) is -0.847. The number of hydrogen-bond acceptors (Lipinski definition) is 6. The molecule has 0 fully saturated rings. The topological polar surface area (TPSA) is 135 Å². The molecular weight excluding hydrogens is 398 g/mol. The monoisotopic (exact) mass is 423 g/mol. The first-order chi connectivity index (χ1) is 14.6. The van der Waals surface area contributed by atoms with Gasteiger partial charge in [0.1, 0.15) is 23.7 Å². The van der Waals surface area contributed by atoms with Crippen LogP contribution < -0.4 is 15.8 Å². The number of ether oxygens (including phenoxy) is 1. The first-order valence-corrected chi connectivity index (χ1v) is 9.71. The minimum Gasteiger partial charge on any atom is -0.508 e. The van der Waals surface area contributed by atoms with E-state index in [1.807, 2.05) is 0 Å². The van der Waals surface area contributed by atoms with Gasteiger partial charge in [0.2, 0.25) is 5.91 Å². The SMILES string of the molecule is Cc1nc2cccc(OCC(C)(C)C(=O)NCc3ccc(O)cc3)c2c(N)c1C(=O)O. The summed E-state index contributed by atoms with van der Waals surface area (Å²) in [5.41, 5.74) is 6.99. The van der Waals surface area contributed by atoms with E-state index in [-0.39, 0.29) is 29.5 Å². The summed E-state index contributed by atoms with van der Waals surface area (Å²) in [7, 11) is 0. The number of aromatic carboxylic acids is 1. The van der Waals surface area contributed by atoms with Crippen LogP contribution in [0.2, 0.25) is 0 Å². The smallest absolute Gasteiger partial charge is 0.339 e. The number of carbonyl (C=O) groups is 2. The Bertz CT molecular complexity index is 1140. The van der Waals surface area contributed by atoms with Gasteiger partial charge in [0.15, 0.2) is 0 Å². The number of pyridine rings is 1. The molecule has 0 bridgehead atoms.